The quantitative estimate of drug-likeness (QED) is 0.446. The number of nitrogens with one attached hydrogen (secondary N) is 1. The van der Waals surface area contributed by atoms with Crippen molar-refractivity contribution in [2.24, 2.45) is 0 Å². The summed E-state index contributed by atoms with van der Waals surface area (Å²) in [6, 6.07) is 24.1. The number of rotatable bonds is 6. The van der Waals surface area contributed by atoms with Crippen LogP contribution >= 0.6 is 0 Å². The van der Waals surface area contributed by atoms with Crippen molar-refractivity contribution in [2.75, 3.05) is 0 Å². The standard InChI is InChI=1S/C27H30N4O/c1-19(15-16-20-11-7-5-8-12-20)28-26(32)23-17-22(21-13-9-6-10-14-21)29-25-18-24(27(2,3)4)30-31(23)25/h5-14,17-19H,15-16H2,1-4H3,(H,28,32). The molecule has 1 atom stereocenters. The van der Waals surface area contributed by atoms with E-state index >= 15 is 0 Å². The molecule has 0 aliphatic rings. The highest BCUT2D eigenvalue weighted by atomic mass is 16.2. The topological polar surface area (TPSA) is 59.3 Å². The largest absolute Gasteiger partial charge is 0.348 e. The number of amides is 1. The first-order valence-corrected chi connectivity index (χ1v) is 11.1. The molecule has 5 heteroatoms. The molecule has 1 unspecified atom stereocenters. The van der Waals surface area contributed by atoms with Gasteiger partial charge >= 0.3 is 0 Å². The van der Waals surface area contributed by atoms with Crippen molar-refractivity contribution in [3.05, 3.63) is 89.7 Å². The third kappa shape index (κ3) is 4.88. The second-order valence-electron chi connectivity index (χ2n) is 9.34. The maximum atomic E-state index is 13.3. The van der Waals surface area contributed by atoms with Crippen LogP contribution in [0.3, 0.4) is 0 Å². The summed E-state index contributed by atoms with van der Waals surface area (Å²) in [5.41, 5.74) is 4.95. The van der Waals surface area contributed by atoms with Gasteiger partial charge in [-0.3, -0.25) is 4.79 Å². The van der Waals surface area contributed by atoms with Crippen molar-refractivity contribution >= 4 is 11.6 Å². The van der Waals surface area contributed by atoms with Crippen LogP contribution in [0, 0.1) is 0 Å². The molecule has 0 saturated carbocycles. The Morgan fingerprint density at radius 3 is 2.31 bits per heavy atom. The summed E-state index contributed by atoms with van der Waals surface area (Å²) < 4.78 is 1.67. The molecular formula is C27H30N4O. The van der Waals surface area contributed by atoms with Gasteiger partial charge < -0.3 is 5.32 Å². The van der Waals surface area contributed by atoms with Crippen molar-refractivity contribution in [1.29, 1.82) is 0 Å². The summed E-state index contributed by atoms with van der Waals surface area (Å²) in [5.74, 6) is -0.140. The fraction of sp³-hybridized carbons (Fsp3) is 0.296. The van der Waals surface area contributed by atoms with Crippen LogP contribution in [-0.4, -0.2) is 26.5 Å². The Hall–Kier alpha value is -3.47. The number of fused-ring (bicyclic) bond motifs is 1. The van der Waals surface area contributed by atoms with E-state index in [1.54, 1.807) is 4.52 Å². The third-order valence-corrected chi connectivity index (χ3v) is 5.58. The van der Waals surface area contributed by atoms with Gasteiger partial charge in [-0.05, 0) is 31.4 Å². The first kappa shape index (κ1) is 21.8. The number of hydrogen-bond donors (Lipinski definition) is 1. The highest BCUT2D eigenvalue weighted by Crippen LogP contribution is 2.25. The fourth-order valence-corrected chi connectivity index (χ4v) is 3.66. The lowest BCUT2D eigenvalue weighted by Crippen LogP contribution is -2.34. The van der Waals surface area contributed by atoms with Gasteiger partial charge in [-0.1, -0.05) is 81.4 Å². The number of carbonyl (C=O) groups excluding carboxylic acids is 1. The number of nitrogens with zero attached hydrogens (tertiary/aromatic N) is 3. The van der Waals surface area contributed by atoms with Crippen LogP contribution in [0.4, 0.5) is 0 Å². The lowest BCUT2D eigenvalue weighted by molar-refractivity contribution is 0.0930. The Morgan fingerprint density at radius 2 is 1.66 bits per heavy atom. The molecule has 0 aliphatic heterocycles. The summed E-state index contributed by atoms with van der Waals surface area (Å²) in [7, 11) is 0. The minimum Gasteiger partial charge on any atom is -0.348 e. The van der Waals surface area contributed by atoms with Gasteiger partial charge in [0.1, 0.15) is 5.69 Å². The normalized spacial score (nSPS) is 12.6. The number of aromatic nitrogens is 3. The molecule has 164 valence electrons. The zero-order valence-corrected chi connectivity index (χ0v) is 19.2. The molecule has 5 nitrogen and oxygen atoms in total. The van der Waals surface area contributed by atoms with Crippen LogP contribution in [0.5, 0.6) is 0 Å². The minimum absolute atomic E-state index is 0.0312. The Labute approximate surface area is 189 Å². The van der Waals surface area contributed by atoms with Crippen molar-refractivity contribution in [3.63, 3.8) is 0 Å². The molecule has 2 heterocycles. The molecule has 0 fully saturated rings. The molecule has 0 saturated heterocycles. The molecule has 0 radical (unpaired) electrons. The zero-order chi connectivity index (χ0) is 22.7. The van der Waals surface area contributed by atoms with Crippen LogP contribution in [0.1, 0.15) is 55.9 Å². The van der Waals surface area contributed by atoms with Gasteiger partial charge in [-0.25, -0.2) is 9.50 Å². The number of carbonyl (C=O) groups is 1. The molecule has 4 rings (SSSR count). The maximum absolute atomic E-state index is 13.3. The average Bonchev–Trinajstić information content (AvgIpc) is 3.23. The van der Waals surface area contributed by atoms with Crippen LogP contribution in [-0.2, 0) is 11.8 Å². The maximum Gasteiger partial charge on any atom is 0.270 e. The molecule has 2 aromatic heterocycles. The van der Waals surface area contributed by atoms with Crippen molar-refractivity contribution in [3.8, 4) is 11.3 Å². The van der Waals surface area contributed by atoms with Crippen LogP contribution < -0.4 is 5.32 Å². The predicted molar refractivity (Wildman–Crippen MR) is 129 cm³/mol. The van der Waals surface area contributed by atoms with E-state index in [0.717, 1.165) is 29.8 Å². The second-order valence-corrected chi connectivity index (χ2v) is 9.34. The van der Waals surface area contributed by atoms with Gasteiger partial charge in [0.05, 0.1) is 11.4 Å². The Bertz CT molecular complexity index is 1210. The number of aryl methyl sites for hydroxylation is 1. The van der Waals surface area contributed by atoms with Gasteiger partial charge in [0.15, 0.2) is 5.65 Å². The highest BCUT2D eigenvalue weighted by Gasteiger charge is 2.22. The van der Waals surface area contributed by atoms with Crippen LogP contribution in [0.15, 0.2) is 72.8 Å². The Kier molecular flexibility index (Phi) is 6.08. The van der Waals surface area contributed by atoms with Gasteiger partial charge in [0.25, 0.3) is 5.91 Å². The van der Waals surface area contributed by atoms with Crippen molar-refractivity contribution in [2.45, 2.75) is 52.0 Å². The fourth-order valence-electron chi connectivity index (χ4n) is 3.66. The first-order valence-electron chi connectivity index (χ1n) is 11.1. The van der Waals surface area contributed by atoms with Gasteiger partial charge in [0, 0.05) is 23.1 Å². The summed E-state index contributed by atoms with van der Waals surface area (Å²) in [5, 5.41) is 7.89. The third-order valence-electron chi connectivity index (χ3n) is 5.58. The first-order chi connectivity index (χ1) is 15.3. The van der Waals surface area contributed by atoms with E-state index in [2.05, 4.69) is 38.2 Å². The van der Waals surface area contributed by atoms with E-state index in [1.807, 2.05) is 67.6 Å². The minimum atomic E-state index is -0.142. The van der Waals surface area contributed by atoms with Gasteiger partial charge in [-0.2, -0.15) is 5.10 Å². The van der Waals surface area contributed by atoms with E-state index in [9.17, 15) is 4.79 Å². The van der Waals surface area contributed by atoms with E-state index in [4.69, 9.17) is 10.1 Å². The van der Waals surface area contributed by atoms with Crippen LogP contribution in [0.2, 0.25) is 0 Å². The van der Waals surface area contributed by atoms with Gasteiger partial charge in [0.2, 0.25) is 0 Å². The molecule has 0 bridgehead atoms. The molecular weight excluding hydrogens is 396 g/mol. The lowest BCUT2D eigenvalue weighted by atomic mass is 9.93. The average molecular weight is 427 g/mol. The highest BCUT2D eigenvalue weighted by molar-refractivity contribution is 5.94. The van der Waals surface area contributed by atoms with E-state index in [-0.39, 0.29) is 17.4 Å². The molecule has 2 aromatic carbocycles. The van der Waals surface area contributed by atoms with E-state index in [0.29, 0.717) is 11.3 Å². The lowest BCUT2D eigenvalue weighted by Gasteiger charge is -2.15. The number of benzene rings is 2. The van der Waals surface area contributed by atoms with E-state index in [1.165, 1.54) is 5.56 Å². The molecule has 32 heavy (non-hydrogen) atoms. The molecule has 4 aromatic rings. The molecule has 0 spiro atoms. The van der Waals surface area contributed by atoms with Gasteiger partial charge in [-0.15, -0.1) is 0 Å². The Balaban J connectivity index is 1.64. The van der Waals surface area contributed by atoms with Crippen LogP contribution in [0.25, 0.3) is 16.9 Å². The predicted octanol–water partition coefficient (Wildman–Crippen LogP) is 5.44. The summed E-state index contributed by atoms with van der Waals surface area (Å²) >= 11 is 0. The molecule has 0 aliphatic carbocycles. The molecule has 1 N–H and O–H groups in total. The Morgan fingerprint density at radius 1 is 1.00 bits per heavy atom. The summed E-state index contributed by atoms with van der Waals surface area (Å²) in [6.07, 6.45) is 1.78. The SMILES string of the molecule is CC(CCc1ccccc1)NC(=O)c1cc(-c2ccccc2)nc2cc(C(C)(C)C)nn12. The second kappa shape index (κ2) is 8.95. The summed E-state index contributed by atoms with van der Waals surface area (Å²) in [6.45, 7) is 8.37. The number of hydrogen-bond acceptors (Lipinski definition) is 3. The molecule has 1 amide bonds. The summed E-state index contributed by atoms with van der Waals surface area (Å²) in [4.78, 5) is 18.1. The monoisotopic (exact) mass is 426 g/mol. The van der Waals surface area contributed by atoms with E-state index < -0.39 is 0 Å². The zero-order valence-electron chi connectivity index (χ0n) is 19.2. The van der Waals surface area contributed by atoms with Crippen molar-refractivity contribution in [1.82, 2.24) is 19.9 Å². The van der Waals surface area contributed by atoms with Crippen molar-refractivity contribution < 1.29 is 4.79 Å². The smallest absolute Gasteiger partial charge is 0.270 e.